The average molecular weight is 397 g/mol. The molecule has 0 unspecified atom stereocenters. The number of fused-ring (bicyclic) bond motifs is 1. The number of benzene rings is 1. The van der Waals surface area contributed by atoms with E-state index in [1.807, 2.05) is 57.2 Å². The molecular formula is C21H30F3N3O. The molecule has 1 aliphatic heterocycles. The van der Waals surface area contributed by atoms with Crippen LogP contribution in [0.1, 0.15) is 76.2 Å². The van der Waals surface area contributed by atoms with E-state index in [0.29, 0.717) is 25.7 Å². The van der Waals surface area contributed by atoms with Crippen LogP contribution in [0, 0.1) is 0 Å². The zero-order chi connectivity index (χ0) is 21.2. The van der Waals surface area contributed by atoms with Gasteiger partial charge in [0.1, 0.15) is 5.67 Å². The zero-order valence-corrected chi connectivity index (χ0v) is 17.1. The zero-order valence-electron chi connectivity index (χ0n) is 17.1. The van der Waals surface area contributed by atoms with E-state index in [1.165, 1.54) is 0 Å². The normalized spacial score (nSPS) is 14.2. The van der Waals surface area contributed by atoms with Crippen molar-refractivity contribution in [2.75, 3.05) is 0 Å². The molecule has 1 aromatic carbocycles. The second-order valence-corrected chi connectivity index (χ2v) is 6.88. The summed E-state index contributed by atoms with van der Waals surface area (Å²) in [7, 11) is 0. The van der Waals surface area contributed by atoms with Gasteiger partial charge < -0.3 is 0 Å². The summed E-state index contributed by atoms with van der Waals surface area (Å²) in [6, 6.07) is 12.0. The van der Waals surface area contributed by atoms with Crippen molar-refractivity contribution < 1.29 is 18.0 Å². The van der Waals surface area contributed by atoms with Crippen molar-refractivity contribution >= 4 is 5.78 Å². The first-order valence-electron chi connectivity index (χ1n) is 9.72. The van der Waals surface area contributed by atoms with E-state index in [-0.39, 0.29) is 30.4 Å². The smallest absolute Gasteiger partial charge is 0.291 e. The molecule has 0 saturated heterocycles. The Morgan fingerprint density at radius 1 is 1.11 bits per heavy atom. The van der Waals surface area contributed by atoms with E-state index < -0.39 is 11.6 Å². The fourth-order valence-corrected chi connectivity index (χ4v) is 2.22. The molecule has 2 aromatic rings. The lowest BCUT2D eigenvalue weighted by atomic mass is 10.0. The van der Waals surface area contributed by atoms with Gasteiger partial charge in [0.05, 0.1) is 0 Å². The van der Waals surface area contributed by atoms with Gasteiger partial charge in [-0.15, -0.1) is 5.10 Å². The molecule has 4 nitrogen and oxygen atoms in total. The van der Waals surface area contributed by atoms with Crippen molar-refractivity contribution in [3.8, 4) is 0 Å². The molecule has 3 rings (SSSR count). The highest BCUT2D eigenvalue weighted by atomic mass is 19.3. The third-order valence-corrected chi connectivity index (χ3v) is 4.50. The van der Waals surface area contributed by atoms with Crippen LogP contribution in [0.15, 0.2) is 36.4 Å². The van der Waals surface area contributed by atoms with Gasteiger partial charge in [-0.05, 0) is 26.2 Å². The summed E-state index contributed by atoms with van der Waals surface area (Å²) in [6.45, 7) is 7.34. The topological polar surface area (TPSA) is 47.8 Å². The van der Waals surface area contributed by atoms with E-state index >= 15 is 0 Å². The molecule has 1 aromatic heterocycles. The van der Waals surface area contributed by atoms with Gasteiger partial charge in [-0.1, -0.05) is 57.2 Å². The average Bonchev–Trinajstić information content (AvgIpc) is 3.25. The fraction of sp³-hybridized carbons (Fsp3) is 0.571. The van der Waals surface area contributed by atoms with Crippen LogP contribution in [0.25, 0.3) is 0 Å². The molecule has 7 heteroatoms. The highest BCUT2D eigenvalue weighted by molar-refractivity contribution is 5.92. The Balaban J connectivity index is 0.000000250. The molecule has 2 heterocycles. The Morgan fingerprint density at radius 2 is 1.61 bits per heavy atom. The quantitative estimate of drug-likeness (QED) is 0.583. The summed E-state index contributed by atoms with van der Waals surface area (Å²) in [6.07, 6.45) is 1.95. The second kappa shape index (κ2) is 11.0. The summed E-state index contributed by atoms with van der Waals surface area (Å²) >= 11 is 0. The van der Waals surface area contributed by atoms with Gasteiger partial charge in [-0.25, -0.2) is 14.1 Å². The number of rotatable bonds is 5. The Bertz CT molecular complexity index is 682. The Labute approximate surface area is 165 Å². The van der Waals surface area contributed by atoms with Crippen molar-refractivity contribution in [1.29, 1.82) is 0 Å². The number of alkyl halides is 3. The molecule has 1 aliphatic rings. The molecule has 0 bridgehead atoms. The predicted molar refractivity (Wildman–Crippen MR) is 104 cm³/mol. The summed E-state index contributed by atoms with van der Waals surface area (Å²) < 4.78 is 40.0. The number of aryl methyl sites for hydroxylation is 1. The molecule has 0 N–H and O–H groups in total. The van der Waals surface area contributed by atoms with Gasteiger partial charge in [0.2, 0.25) is 11.6 Å². The number of ketones is 1. The Morgan fingerprint density at radius 3 is 1.96 bits per heavy atom. The van der Waals surface area contributed by atoms with Crippen LogP contribution in [0.3, 0.4) is 0 Å². The number of halogens is 3. The summed E-state index contributed by atoms with van der Waals surface area (Å²) in [5.41, 5.74) is -0.917. The Hall–Kier alpha value is -2.18. The molecule has 0 spiro atoms. The second-order valence-electron chi connectivity index (χ2n) is 6.88. The van der Waals surface area contributed by atoms with Crippen LogP contribution >= 0.6 is 0 Å². The molecule has 0 fully saturated rings. The number of nitrogens with zero attached hydrogens (tertiary/aromatic N) is 3. The maximum Gasteiger partial charge on any atom is 0.308 e. The van der Waals surface area contributed by atoms with Crippen molar-refractivity contribution in [3.63, 3.8) is 0 Å². The van der Waals surface area contributed by atoms with Crippen LogP contribution in [0.4, 0.5) is 13.2 Å². The summed E-state index contributed by atoms with van der Waals surface area (Å²) in [5.74, 6) is -3.65. The van der Waals surface area contributed by atoms with Crippen molar-refractivity contribution in [1.82, 2.24) is 14.8 Å². The first-order valence-corrected chi connectivity index (χ1v) is 9.72. The maximum absolute atomic E-state index is 13.2. The lowest BCUT2D eigenvalue weighted by molar-refractivity contribution is -0.00631. The number of carbonyl (C=O) groups is 1. The predicted octanol–water partition coefficient (Wildman–Crippen LogP) is 5.98. The summed E-state index contributed by atoms with van der Waals surface area (Å²) in [5, 5.41) is 3.78. The first-order chi connectivity index (χ1) is 13.2. The van der Waals surface area contributed by atoms with Gasteiger partial charge in [-0.2, -0.15) is 8.78 Å². The minimum Gasteiger partial charge on any atom is -0.291 e. The van der Waals surface area contributed by atoms with E-state index in [0.717, 1.165) is 4.68 Å². The van der Waals surface area contributed by atoms with Gasteiger partial charge in [-0.3, -0.25) is 4.79 Å². The third-order valence-electron chi connectivity index (χ3n) is 4.50. The highest BCUT2D eigenvalue weighted by Gasteiger charge is 2.43. The third kappa shape index (κ3) is 7.44. The van der Waals surface area contributed by atoms with Crippen LogP contribution < -0.4 is 0 Å². The SMILES string of the molecule is CCC(C)(F)CC.CCCC(=O)c1nc2n(n1)CCC2(F)F.c1ccccc1. The number of aromatic nitrogens is 3. The monoisotopic (exact) mass is 397 g/mol. The first kappa shape index (κ1) is 23.9. The summed E-state index contributed by atoms with van der Waals surface area (Å²) in [4.78, 5) is 15.0. The van der Waals surface area contributed by atoms with Crippen LogP contribution in [-0.2, 0) is 12.5 Å². The van der Waals surface area contributed by atoms with E-state index in [4.69, 9.17) is 0 Å². The van der Waals surface area contributed by atoms with Crippen molar-refractivity contribution in [2.24, 2.45) is 0 Å². The maximum atomic E-state index is 13.2. The van der Waals surface area contributed by atoms with Crippen LogP contribution in [-0.4, -0.2) is 26.2 Å². The van der Waals surface area contributed by atoms with E-state index in [1.54, 1.807) is 6.92 Å². The molecule has 0 aliphatic carbocycles. The van der Waals surface area contributed by atoms with Crippen LogP contribution in [0.2, 0.25) is 0 Å². The lowest BCUT2D eigenvalue weighted by Crippen LogP contribution is -2.13. The number of carbonyl (C=O) groups excluding carboxylic acids is 1. The lowest BCUT2D eigenvalue weighted by Gasteiger charge is -2.13. The number of hydrogen-bond donors (Lipinski definition) is 0. The molecule has 156 valence electrons. The van der Waals surface area contributed by atoms with Gasteiger partial charge >= 0.3 is 5.92 Å². The molecule has 0 amide bonds. The minimum absolute atomic E-state index is 0.0776. The van der Waals surface area contributed by atoms with Crippen molar-refractivity contribution in [3.05, 3.63) is 48.0 Å². The highest BCUT2D eigenvalue weighted by Crippen LogP contribution is 2.36. The molecule has 0 radical (unpaired) electrons. The fourth-order valence-electron chi connectivity index (χ4n) is 2.22. The molecule has 0 saturated carbocycles. The van der Waals surface area contributed by atoms with Crippen molar-refractivity contribution in [2.45, 2.75) is 77.9 Å². The number of Topliss-reactive ketones (excluding diaryl/α,β-unsaturated/α-hetero) is 1. The Kier molecular flexibility index (Phi) is 9.35. The van der Waals surface area contributed by atoms with Crippen LogP contribution in [0.5, 0.6) is 0 Å². The van der Waals surface area contributed by atoms with E-state index in [2.05, 4.69) is 10.1 Å². The molecule has 28 heavy (non-hydrogen) atoms. The van der Waals surface area contributed by atoms with Gasteiger partial charge in [0.15, 0.2) is 5.82 Å². The van der Waals surface area contributed by atoms with Gasteiger partial charge in [0, 0.05) is 19.4 Å². The van der Waals surface area contributed by atoms with E-state index in [9.17, 15) is 18.0 Å². The largest absolute Gasteiger partial charge is 0.308 e. The van der Waals surface area contributed by atoms with Gasteiger partial charge in [0.25, 0.3) is 0 Å². The minimum atomic E-state index is -2.93. The molecular weight excluding hydrogens is 367 g/mol. The number of hydrogen-bond acceptors (Lipinski definition) is 3. The molecule has 0 atom stereocenters. The standard InChI is InChI=1S/C9H11F2N3O.C6H13F.C6H6/c1-2-3-6(15)7-12-8-9(10,11)4-5-14(8)13-7;1-4-6(3,7)5-2;1-2-4-6-5-3-1/h2-5H2,1H3;4-5H2,1-3H3;1-6H.